The number of hydrogen-bond donors (Lipinski definition) is 0. The van der Waals surface area contributed by atoms with Gasteiger partial charge in [-0.3, -0.25) is 33.6 Å². The summed E-state index contributed by atoms with van der Waals surface area (Å²) in [6.45, 7) is 17.0. The summed E-state index contributed by atoms with van der Waals surface area (Å²) in [7, 11) is 1.59. The normalized spacial score (nSPS) is 11.2. The van der Waals surface area contributed by atoms with E-state index in [4.69, 9.17) is 27.9 Å². The van der Waals surface area contributed by atoms with Crippen LogP contribution in [0.1, 0.15) is 93.7 Å². The molecule has 0 aliphatic carbocycles. The van der Waals surface area contributed by atoms with Gasteiger partial charge in [-0.2, -0.15) is 0 Å². The van der Waals surface area contributed by atoms with E-state index in [1.165, 1.54) is 39.2 Å². The van der Waals surface area contributed by atoms with Crippen molar-refractivity contribution in [2.45, 2.75) is 86.5 Å². The highest BCUT2D eigenvalue weighted by Crippen LogP contribution is 2.39. The Morgan fingerprint density at radius 2 is 0.623 bits per heavy atom. The molecule has 17 heteroatoms. The van der Waals surface area contributed by atoms with E-state index in [0.717, 1.165) is 150 Å². The van der Waals surface area contributed by atoms with Crippen LogP contribution in [-0.4, -0.2) is 7.11 Å². The molecule has 7 aromatic heterocycles. The van der Waals surface area contributed by atoms with Crippen LogP contribution in [0.15, 0.2) is 319 Å². The fraction of sp³-hybridized carbons (Fsp3) is 0.133. The lowest BCUT2D eigenvalue weighted by molar-refractivity contribution is 0.420. The van der Waals surface area contributed by atoms with Gasteiger partial charge in [-0.1, -0.05) is 211 Å². The average molecular weight is 1770 g/mol. The second-order valence-corrected chi connectivity index (χ2v) is 38.1. The van der Waals surface area contributed by atoms with E-state index in [-0.39, 0.29) is 38.0 Å². The van der Waals surface area contributed by atoms with E-state index in [0.29, 0.717) is 43.8 Å². The molecule has 0 amide bonds. The van der Waals surface area contributed by atoms with Crippen LogP contribution in [0.25, 0.3) is 141 Å². The zero-order valence-electron chi connectivity index (χ0n) is 68.3. The van der Waals surface area contributed by atoms with E-state index < -0.39 is 0 Å². The van der Waals surface area contributed by atoms with Crippen LogP contribution < -0.4 is 42.7 Å². The molecule has 0 aliphatic heterocycles. The van der Waals surface area contributed by atoms with Crippen LogP contribution in [0.2, 0.25) is 10.0 Å². The second-order valence-electron chi connectivity index (χ2n) is 29.8. The first-order valence-electron chi connectivity index (χ1n) is 40.2. The van der Waals surface area contributed by atoms with E-state index in [2.05, 4.69) is 78.8 Å². The van der Waals surface area contributed by atoms with Gasteiger partial charge >= 0.3 is 0 Å². The van der Waals surface area contributed by atoms with Crippen molar-refractivity contribution in [2.24, 2.45) is 0 Å². The lowest BCUT2D eigenvalue weighted by Crippen LogP contribution is -2.03. The van der Waals surface area contributed by atoms with Gasteiger partial charge in [0.05, 0.1) is 32.6 Å². The molecule has 21 rings (SSSR count). The molecule has 0 saturated carbocycles. The van der Waals surface area contributed by atoms with Crippen molar-refractivity contribution in [3.63, 3.8) is 0 Å². The number of rotatable bonds is 6. The molecule has 14 aromatic carbocycles. The fourth-order valence-corrected chi connectivity index (χ4v) is 23.7. The summed E-state index contributed by atoms with van der Waals surface area (Å²) in [5.74, 6) is 1.57. The van der Waals surface area contributed by atoms with Crippen molar-refractivity contribution < 1.29 is 4.74 Å². The van der Waals surface area contributed by atoms with E-state index in [1.807, 2.05) is 250 Å². The van der Waals surface area contributed by atoms with Gasteiger partial charge in [0.25, 0.3) is 0 Å². The SMILES string of the molecule is CC(C)c1ccc2sc3ccccc3c(=O)c2c1.CC(C)c1cccc2c(=O)c3ccccc3sc12.CCc1cc(CC)c2sc3ccccc3c(=O)c2c1.CCc1ccc(Cl)c2c(=O)c3ccccc3sc12.COc1ccc(Cl)c2c(=O)c3ccccc3sc12.Cc1ccc2sc3ccccc3c(=O)c2c1.O=c1c2ccccc2sc2ccccc12. The summed E-state index contributed by atoms with van der Waals surface area (Å²) in [5.41, 5.74) is 8.12. The Labute approximate surface area is 741 Å². The van der Waals surface area contributed by atoms with E-state index in [1.54, 1.807) is 87.3 Å². The minimum atomic E-state index is -0.0387. The Balaban J connectivity index is 0.000000111. The molecule has 21 aromatic rings. The van der Waals surface area contributed by atoms with Crippen LogP contribution in [0.5, 0.6) is 5.75 Å². The molecule has 0 fully saturated rings. The Bertz CT molecular complexity index is 7870. The van der Waals surface area contributed by atoms with Crippen molar-refractivity contribution in [3.05, 3.63) is 400 Å². The average Bonchev–Trinajstić information content (AvgIpc) is 0.775. The molecule has 7 heterocycles. The molecule has 0 radical (unpaired) electrons. The Kier molecular flexibility index (Phi) is 26.7. The van der Waals surface area contributed by atoms with Gasteiger partial charge in [-0.15, -0.1) is 79.4 Å². The molecule has 0 atom stereocenters. The largest absolute Gasteiger partial charge is 0.495 e. The molecule has 0 saturated heterocycles. The number of aryl methyl sites for hydroxylation is 4. The maximum absolute atomic E-state index is 12.6. The predicted octanol–water partition coefficient (Wildman–Crippen LogP) is 29.5. The highest BCUT2D eigenvalue weighted by Gasteiger charge is 2.18. The third kappa shape index (κ3) is 17.7. The summed E-state index contributed by atoms with van der Waals surface area (Å²) >= 11 is 24.0. The van der Waals surface area contributed by atoms with Gasteiger partial charge in [-0.05, 0) is 217 Å². The van der Waals surface area contributed by atoms with Gasteiger partial charge in [0.2, 0.25) is 0 Å². The Hall–Kier alpha value is -11.3. The lowest BCUT2D eigenvalue weighted by atomic mass is 10.0. The lowest BCUT2D eigenvalue weighted by Gasteiger charge is -2.09. The molecule has 0 unspecified atom stereocenters. The number of ether oxygens (including phenoxy) is 1. The number of methoxy groups -OCH3 is 1. The fourth-order valence-electron chi connectivity index (χ4n) is 14.9. The molecule has 122 heavy (non-hydrogen) atoms. The van der Waals surface area contributed by atoms with Crippen molar-refractivity contribution in [3.8, 4) is 5.75 Å². The van der Waals surface area contributed by atoms with Gasteiger partial charge in [0, 0.05) is 126 Å². The molecule has 0 N–H and O–H groups in total. The summed E-state index contributed by atoms with van der Waals surface area (Å²) < 4.78 is 19.9. The molecule has 0 spiro atoms. The maximum Gasteiger partial charge on any atom is 0.197 e. The summed E-state index contributed by atoms with van der Waals surface area (Å²) in [5, 5.41) is 12.1. The number of benzene rings is 14. The number of hydrogen-bond acceptors (Lipinski definition) is 15. The van der Waals surface area contributed by atoms with Gasteiger partial charge in [0.1, 0.15) is 5.75 Å². The highest BCUT2D eigenvalue weighted by atomic mass is 35.5. The Morgan fingerprint density at radius 1 is 0.279 bits per heavy atom. The number of fused-ring (bicyclic) bond motifs is 14. The van der Waals surface area contributed by atoms with E-state index >= 15 is 0 Å². The first-order chi connectivity index (χ1) is 59.1. The van der Waals surface area contributed by atoms with Crippen LogP contribution >= 0.6 is 103 Å². The summed E-state index contributed by atoms with van der Waals surface area (Å²) in [6, 6.07) is 92.1. The third-order valence-electron chi connectivity index (χ3n) is 21.3. The predicted molar refractivity (Wildman–Crippen MR) is 537 cm³/mol. The second kappa shape index (κ2) is 38.0. The van der Waals surface area contributed by atoms with Crippen molar-refractivity contribution in [1.29, 1.82) is 0 Å². The molecule has 606 valence electrons. The monoisotopic (exact) mass is 1760 g/mol. The highest BCUT2D eigenvalue weighted by molar-refractivity contribution is 7.27. The van der Waals surface area contributed by atoms with Gasteiger partial charge in [-0.25, -0.2) is 0 Å². The van der Waals surface area contributed by atoms with Gasteiger partial charge in [0.15, 0.2) is 38.0 Å². The molecular weight excluding hydrogens is 1680 g/mol. The van der Waals surface area contributed by atoms with Crippen LogP contribution in [0.4, 0.5) is 0 Å². The van der Waals surface area contributed by atoms with Crippen LogP contribution in [-0.2, 0) is 19.3 Å². The van der Waals surface area contributed by atoms with Gasteiger partial charge < -0.3 is 4.74 Å². The molecule has 0 aliphatic rings. The first-order valence-corrected chi connectivity index (χ1v) is 46.6. The molecule has 0 bridgehead atoms. The van der Waals surface area contributed by atoms with Crippen LogP contribution in [0.3, 0.4) is 0 Å². The topological polar surface area (TPSA) is 129 Å². The minimum Gasteiger partial charge on any atom is -0.495 e. The van der Waals surface area contributed by atoms with Crippen molar-refractivity contribution >= 4 is 244 Å². The number of halogens is 2. The third-order valence-corrected chi connectivity index (χ3v) is 30.4. The zero-order chi connectivity index (χ0) is 85.6. The zero-order valence-corrected chi connectivity index (χ0v) is 75.5. The molecular formula is C105H82Cl2O8S7. The minimum absolute atomic E-state index is 0.0387. The smallest absolute Gasteiger partial charge is 0.197 e. The van der Waals surface area contributed by atoms with E-state index in [9.17, 15) is 33.6 Å². The molecule has 8 nitrogen and oxygen atoms in total. The Morgan fingerprint density at radius 3 is 1.05 bits per heavy atom. The summed E-state index contributed by atoms with van der Waals surface area (Å²) in [4.78, 5) is 86.9. The standard InChI is InChI=1S/C17H16OS.2C16H14OS.C15H11ClOS.C14H9ClO2S.C14H10OS.C13H8OS/c1-3-11-9-12(4-2)17-14(10-11)16(18)13-7-5-6-8-15(13)19-17;1-10(2)11-7-5-8-13-15(17)12-6-3-4-9-14(12)18-16(11)13;1-10(2)11-7-8-15-13(9-11)16(17)12-5-3-4-6-14(12)18-15;1-2-9-7-8-11(16)13-14(17)10-5-3-4-6-12(10)18-15(9)13;1-17-10-7-6-9(15)12-13(16)8-4-2-3-5-11(8)18-14(10)12;1-9-6-7-13-11(8-9)14(15)10-4-2-3-5-12(10)16-13;14-13-9-5-1-3-7-11(9)15-12-8-4-2-6-10(12)13/h5-10H,3-4H2,1-2H3;2*3-10H,1-2H3;3-8H,2H2,1H3;2-7H,1H3;2-8H,1H3;1-8H. The first kappa shape index (κ1) is 85.7. The van der Waals surface area contributed by atoms with Crippen molar-refractivity contribution in [2.75, 3.05) is 7.11 Å². The van der Waals surface area contributed by atoms with Crippen molar-refractivity contribution in [1.82, 2.24) is 0 Å². The maximum atomic E-state index is 12.6. The van der Waals surface area contributed by atoms with Crippen LogP contribution in [0, 0.1) is 6.92 Å². The quantitative estimate of drug-likeness (QED) is 0.151. The summed E-state index contributed by atoms with van der Waals surface area (Å²) in [6.07, 6.45) is 2.85.